The SMILES string of the molecule is CCCCCCCCCCOC(=O)CC1C(=O)NCCN1C(=O)c1cccnc1. The standard InChI is InChI=1S/C22H33N3O4/c1-2-3-4-5-6-7-8-9-15-29-20(26)16-19-21(27)24-13-14-25(19)22(28)18-11-10-12-23-17-18/h10-12,17,19H,2-9,13-16H2,1H3,(H,24,27). The molecule has 0 aromatic carbocycles. The zero-order valence-electron chi connectivity index (χ0n) is 17.4. The molecular weight excluding hydrogens is 370 g/mol. The van der Waals surface area contributed by atoms with Crippen LogP contribution in [0.15, 0.2) is 24.5 Å². The molecule has 0 saturated carbocycles. The summed E-state index contributed by atoms with van der Waals surface area (Å²) in [7, 11) is 0. The topological polar surface area (TPSA) is 88.6 Å². The minimum Gasteiger partial charge on any atom is -0.466 e. The lowest BCUT2D eigenvalue weighted by Gasteiger charge is -2.34. The number of nitrogens with one attached hydrogen (secondary N) is 1. The number of hydrogen-bond donors (Lipinski definition) is 1. The fraction of sp³-hybridized carbons (Fsp3) is 0.636. The maximum Gasteiger partial charge on any atom is 0.308 e. The third-order valence-electron chi connectivity index (χ3n) is 5.12. The Morgan fingerprint density at radius 1 is 1.17 bits per heavy atom. The van der Waals surface area contributed by atoms with Crippen LogP contribution < -0.4 is 5.32 Å². The van der Waals surface area contributed by atoms with Gasteiger partial charge in [0.15, 0.2) is 0 Å². The van der Waals surface area contributed by atoms with E-state index in [1.807, 2.05) is 0 Å². The van der Waals surface area contributed by atoms with Crippen molar-refractivity contribution in [1.82, 2.24) is 15.2 Å². The average Bonchev–Trinajstić information content (AvgIpc) is 2.74. The fourth-order valence-electron chi connectivity index (χ4n) is 3.45. The minimum absolute atomic E-state index is 0.130. The molecule has 7 heteroatoms. The smallest absolute Gasteiger partial charge is 0.308 e. The number of ether oxygens (including phenoxy) is 1. The number of aromatic nitrogens is 1. The Labute approximate surface area is 173 Å². The van der Waals surface area contributed by atoms with Crippen molar-refractivity contribution in [3.8, 4) is 0 Å². The van der Waals surface area contributed by atoms with E-state index in [2.05, 4.69) is 17.2 Å². The van der Waals surface area contributed by atoms with Crippen molar-refractivity contribution in [2.45, 2.75) is 70.8 Å². The van der Waals surface area contributed by atoms with E-state index in [1.165, 1.54) is 43.2 Å². The predicted octanol–water partition coefficient (Wildman–Crippen LogP) is 3.10. The summed E-state index contributed by atoms with van der Waals surface area (Å²) in [6, 6.07) is 2.48. The van der Waals surface area contributed by atoms with Crippen molar-refractivity contribution < 1.29 is 19.1 Å². The predicted molar refractivity (Wildman–Crippen MR) is 110 cm³/mol. The molecule has 0 bridgehead atoms. The van der Waals surface area contributed by atoms with Crippen molar-refractivity contribution >= 4 is 17.8 Å². The lowest BCUT2D eigenvalue weighted by Crippen LogP contribution is -2.57. The van der Waals surface area contributed by atoms with E-state index in [1.54, 1.807) is 18.3 Å². The van der Waals surface area contributed by atoms with Gasteiger partial charge in [0.1, 0.15) is 6.04 Å². The van der Waals surface area contributed by atoms with Crippen molar-refractivity contribution in [3.05, 3.63) is 30.1 Å². The monoisotopic (exact) mass is 403 g/mol. The molecule has 0 aliphatic carbocycles. The lowest BCUT2D eigenvalue weighted by molar-refractivity contribution is -0.147. The van der Waals surface area contributed by atoms with E-state index in [-0.39, 0.29) is 18.2 Å². The van der Waals surface area contributed by atoms with Crippen LogP contribution in [0, 0.1) is 0 Å². The lowest BCUT2D eigenvalue weighted by atomic mass is 10.1. The number of nitrogens with zero attached hydrogens (tertiary/aromatic N) is 2. The zero-order valence-corrected chi connectivity index (χ0v) is 17.4. The number of carbonyl (C=O) groups is 3. The van der Waals surface area contributed by atoms with Gasteiger partial charge < -0.3 is 15.0 Å². The van der Waals surface area contributed by atoms with Gasteiger partial charge in [0.2, 0.25) is 5.91 Å². The summed E-state index contributed by atoms with van der Waals surface area (Å²) in [5.41, 5.74) is 0.402. The number of rotatable bonds is 12. The summed E-state index contributed by atoms with van der Waals surface area (Å²) < 4.78 is 5.30. The van der Waals surface area contributed by atoms with E-state index in [0.717, 1.165) is 19.3 Å². The average molecular weight is 404 g/mol. The Kier molecular flexibility index (Phi) is 10.2. The van der Waals surface area contributed by atoms with Gasteiger partial charge in [-0.2, -0.15) is 0 Å². The minimum atomic E-state index is -0.845. The summed E-state index contributed by atoms with van der Waals surface area (Å²) in [6.45, 7) is 3.29. The van der Waals surface area contributed by atoms with Crippen LogP contribution in [-0.2, 0) is 14.3 Å². The number of piperazine rings is 1. The maximum absolute atomic E-state index is 12.7. The van der Waals surface area contributed by atoms with Gasteiger partial charge in [-0.1, -0.05) is 51.9 Å². The van der Waals surface area contributed by atoms with Crippen LogP contribution in [0.3, 0.4) is 0 Å². The van der Waals surface area contributed by atoms with Crippen LogP contribution in [0.25, 0.3) is 0 Å². The van der Waals surface area contributed by atoms with Crippen LogP contribution in [0.5, 0.6) is 0 Å². The summed E-state index contributed by atoms with van der Waals surface area (Å²) in [5, 5.41) is 2.72. The quantitative estimate of drug-likeness (QED) is 0.428. The molecule has 1 unspecified atom stereocenters. The van der Waals surface area contributed by atoms with Crippen LogP contribution in [0.2, 0.25) is 0 Å². The highest BCUT2D eigenvalue weighted by molar-refractivity contribution is 5.99. The molecule has 2 rings (SSSR count). The molecule has 160 valence electrons. The van der Waals surface area contributed by atoms with Gasteiger partial charge in [-0.05, 0) is 18.6 Å². The molecule has 7 nitrogen and oxygen atoms in total. The van der Waals surface area contributed by atoms with Crippen molar-refractivity contribution in [2.75, 3.05) is 19.7 Å². The van der Waals surface area contributed by atoms with E-state index < -0.39 is 12.0 Å². The maximum atomic E-state index is 12.7. The second-order valence-corrected chi connectivity index (χ2v) is 7.45. The molecular formula is C22H33N3O4. The third-order valence-corrected chi connectivity index (χ3v) is 5.12. The molecule has 29 heavy (non-hydrogen) atoms. The number of pyridine rings is 1. The Bertz CT molecular complexity index is 651. The van der Waals surface area contributed by atoms with Crippen LogP contribution in [0.1, 0.15) is 75.1 Å². The molecule has 1 fully saturated rings. The highest BCUT2D eigenvalue weighted by atomic mass is 16.5. The second kappa shape index (κ2) is 12.9. The van der Waals surface area contributed by atoms with Crippen LogP contribution >= 0.6 is 0 Å². The van der Waals surface area contributed by atoms with Gasteiger partial charge in [-0.25, -0.2) is 0 Å². The molecule has 1 aromatic heterocycles. The summed E-state index contributed by atoms with van der Waals surface area (Å²) in [6.07, 6.45) is 12.3. The number of amides is 2. The summed E-state index contributed by atoms with van der Waals surface area (Å²) in [4.78, 5) is 42.6. The zero-order chi connectivity index (χ0) is 20.9. The van der Waals surface area contributed by atoms with E-state index >= 15 is 0 Å². The van der Waals surface area contributed by atoms with Gasteiger partial charge in [-0.3, -0.25) is 19.4 Å². The van der Waals surface area contributed by atoms with Crippen LogP contribution in [-0.4, -0.2) is 53.4 Å². The molecule has 1 aliphatic heterocycles. The first-order chi connectivity index (χ1) is 14.1. The molecule has 2 heterocycles. The van der Waals surface area contributed by atoms with Gasteiger partial charge in [0.25, 0.3) is 5.91 Å². The molecule has 1 atom stereocenters. The molecule has 1 saturated heterocycles. The number of unbranched alkanes of at least 4 members (excludes halogenated alkanes) is 7. The fourth-order valence-corrected chi connectivity index (χ4v) is 3.45. The van der Waals surface area contributed by atoms with E-state index in [4.69, 9.17) is 4.74 Å². The molecule has 1 N–H and O–H groups in total. The molecule has 1 aromatic rings. The van der Waals surface area contributed by atoms with Gasteiger partial charge >= 0.3 is 5.97 Å². The van der Waals surface area contributed by atoms with Gasteiger partial charge in [-0.15, -0.1) is 0 Å². The third kappa shape index (κ3) is 7.83. The number of hydrogen-bond acceptors (Lipinski definition) is 5. The Balaban J connectivity index is 1.73. The van der Waals surface area contributed by atoms with Crippen molar-refractivity contribution in [2.24, 2.45) is 0 Å². The first-order valence-electron chi connectivity index (χ1n) is 10.8. The highest BCUT2D eigenvalue weighted by Crippen LogP contribution is 2.15. The van der Waals surface area contributed by atoms with Gasteiger partial charge in [0, 0.05) is 25.5 Å². The summed E-state index contributed by atoms with van der Waals surface area (Å²) in [5.74, 6) is -1.06. The Morgan fingerprint density at radius 3 is 2.59 bits per heavy atom. The first kappa shape index (κ1) is 22.8. The highest BCUT2D eigenvalue weighted by Gasteiger charge is 2.35. The van der Waals surface area contributed by atoms with Crippen molar-refractivity contribution in [3.63, 3.8) is 0 Å². The number of carbonyl (C=O) groups excluding carboxylic acids is 3. The first-order valence-corrected chi connectivity index (χ1v) is 10.8. The normalized spacial score (nSPS) is 16.4. The molecule has 1 aliphatic rings. The molecule has 0 spiro atoms. The Morgan fingerprint density at radius 2 is 1.90 bits per heavy atom. The number of esters is 1. The Hall–Kier alpha value is -2.44. The van der Waals surface area contributed by atoms with Crippen molar-refractivity contribution in [1.29, 1.82) is 0 Å². The van der Waals surface area contributed by atoms with Gasteiger partial charge in [0.05, 0.1) is 18.6 Å². The molecule has 2 amide bonds. The largest absolute Gasteiger partial charge is 0.466 e. The van der Waals surface area contributed by atoms with Crippen LogP contribution in [0.4, 0.5) is 0 Å². The van der Waals surface area contributed by atoms with E-state index in [0.29, 0.717) is 25.3 Å². The van der Waals surface area contributed by atoms with E-state index in [9.17, 15) is 14.4 Å². The summed E-state index contributed by atoms with van der Waals surface area (Å²) >= 11 is 0. The molecule has 0 radical (unpaired) electrons. The second-order valence-electron chi connectivity index (χ2n) is 7.45.